The highest BCUT2D eigenvalue weighted by Gasteiger charge is 2.16. The van der Waals surface area contributed by atoms with Gasteiger partial charge >= 0.3 is 0 Å². The Morgan fingerprint density at radius 2 is 0.971 bits per heavy atom. The number of unbranched alkanes of at least 4 members (excludes halogenated alkanes) is 10. The lowest BCUT2D eigenvalue weighted by Crippen LogP contribution is -2.03. The smallest absolute Gasteiger partial charge is 0.135 e. The fourth-order valence-electron chi connectivity index (χ4n) is 4.95. The SMILES string of the molecule is CCCCCCCOc1c2ccccc2c(OCCCCCCC)c2cc(CCCCC)ccc12. The molecule has 0 heterocycles. The Hall–Kier alpha value is -2.22. The van der Waals surface area contributed by atoms with Crippen molar-refractivity contribution in [2.24, 2.45) is 0 Å². The van der Waals surface area contributed by atoms with E-state index in [4.69, 9.17) is 9.47 Å². The molecule has 0 fully saturated rings. The van der Waals surface area contributed by atoms with E-state index < -0.39 is 0 Å². The van der Waals surface area contributed by atoms with E-state index in [2.05, 4.69) is 63.2 Å². The summed E-state index contributed by atoms with van der Waals surface area (Å²) in [5.74, 6) is 2.07. The molecule has 0 aliphatic carbocycles. The number of hydrogen-bond donors (Lipinski definition) is 0. The van der Waals surface area contributed by atoms with E-state index >= 15 is 0 Å². The summed E-state index contributed by atoms with van der Waals surface area (Å²) in [6.07, 6.45) is 17.4. The van der Waals surface area contributed by atoms with Gasteiger partial charge in [-0.2, -0.15) is 0 Å². The topological polar surface area (TPSA) is 18.5 Å². The molecule has 0 saturated carbocycles. The predicted molar refractivity (Wildman–Crippen MR) is 153 cm³/mol. The Bertz CT molecular complexity index is 1010. The number of hydrogen-bond acceptors (Lipinski definition) is 2. The van der Waals surface area contributed by atoms with Crippen molar-refractivity contribution in [1.29, 1.82) is 0 Å². The largest absolute Gasteiger partial charge is 0.492 e. The van der Waals surface area contributed by atoms with Crippen molar-refractivity contribution < 1.29 is 9.47 Å². The van der Waals surface area contributed by atoms with E-state index in [-0.39, 0.29) is 0 Å². The Kier molecular flexibility index (Phi) is 12.3. The molecular weight excluding hydrogens is 428 g/mol. The van der Waals surface area contributed by atoms with Gasteiger partial charge in [0, 0.05) is 21.5 Å². The average Bonchev–Trinajstić information content (AvgIpc) is 2.88. The van der Waals surface area contributed by atoms with Crippen molar-refractivity contribution in [3.05, 3.63) is 48.0 Å². The van der Waals surface area contributed by atoms with Crippen LogP contribution in [0.5, 0.6) is 11.5 Å². The third-order valence-electron chi connectivity index (χ3n) is 7.05. The van der Waals surface area contributed by atoms with Crippen LogP contribution in [0.4, 0.5) is 0 Å². The van der Waals surface area contributed by atoms with Gasteiger partial charge in [0.2, 0.25) is 0 Å². The second kappa shape index (κ2) is 15.7. The molecule has 0 atom stereocenters. The highest BCUT2D eigenvalue weighted by molar-refractivity contribution is 6.11. The fraction of sp³-hybridized carbons (Fsp3) is 0.576. The molecule has 0 spiro atoms. The van der Waals surface area contributed by atoms with E-state index in [9.17, 15) is 0 Å². The Labute approximate surface area is 214 Å². The predicted octanol–water partition coefficient (Wildman–Crippen LogP) is 10.4. The van der Waals surface area contributed by atoms with Crippen LogP contribution in [0.3, 0.4) is 0 Å². The monoisotopic (exact) mass is 476 g/mol. The van der Waals surface area contributed by atoms with Gasteiger partial charge in [-0.15, -0.1) is 0 Å². The normalized spacial score (nSPS) is 11.4. The zero-order valence-electron chi connectivity index (χ0n) is 22.7. The molecule has 0 saturated heterocycles. The zero-order valence-corrected chi connectivity index (χ0v) is 22.7. The zero-order chi connectivity index (χ0) is 24.7. The summed E-state index contributed by atoms with van der Waals surface area (Å²) in [5, 5.41) is 4.76. The lowest BCUT2D eigenvalue weighted by Gasteiger charge is -2.19. The molecule has 3 aromatic rings. The molecule has 0 amide bonds. The molecule has 0 bridgehead atoms. The minimum absolute atomic E-state index is 0.776. The van der Waals surface area contributed by atoms with Crippen molar-refractivity contribution in [3.8, 4) is 11.5 Å². The van der Waals surface area contributed by atoms with Crippen molar-refractivity contribution >= 4 is 21.5 Å². The van der Waals surface area contributed by atoms with Crippen LogP contribution in [0.1, 0.15) is 110 Å². The summed E-state index contributed by atoms with van der Waals surface area (Å²) in [7, 11) is 0. The Morgan fingerprint density at radius 1 is 0.486 bits per heavy atom. The first-order valence-electron chi connectivity index (χ1n) is 14.5. The summed E-state index contributed by atoms with van der Waals surface area (Å²) >= 11 is 0. The van der Waals surface area contributed by atoms with Gasteiger partial charge in [-0.05, 0) is 37.3 Å². The molecule has 0 aliphatic rings. The van der Waals surface area contributed by atoms with Gasteiger partial charge in [0.15, 0.2) is 0 Å². The van der Waals surface area contributed by atoms with Crippen LogP contribution < -0.4 is 9.47 Å². The summed E-state index contributed by atoms with van der Waals surface area (Å²) in [4.78, 5) is 0. The van der Waals surface area contributed by atoms with Gasteiger partial charge in [-0.1, -0.05) is 121 Å². The molecule has 35 heavy (non-hydrogen) atoms. The molecule has 0 radical (unpaired) electrons. The standard InChI is InChI=1S/C33H48O2/c1-4-7-10-12-17-24-34-32-28-20-15-16-21-29(28)33(35-25-18-13-11-8-5-2)31-26-27(19-14-9-6-3)22-23-30(31)32/h15-16,20-23,26H,4-14,17-19,24-25H2,1-3H3. The molecule has 192 valence electrons. The lowest BCUT2D eigenvalue weighted by molar-refractivity contribution is 0.306. The summed E-state index contributed by atoms with van der Waals surface area (Å²) in [5.41, 5.74) is 1.40. The molecule has 0 aromatic heterocycles. The molecule has 0 unspecified atom stereocenters. The van der Waals surface area contributed by atoms with Crippen LogP contribution in [-0.2, 0) is 6.42 Å². The minimum atomic E-state index is 0.776. The Morgan fingerprint density at radius 3 is 1.54 bits per heavy atom. The van der Waals surface area contributed by atoms with Crippen molar-refractivity contribution in [2.75, 3.05) is 13.2 Å². The van der Waals surface area contributed by atoms with Gasteiger partial charge in [0.25, 0.3) is 0 Å². The highest BCUT2D eigenvalue weighted by atomic mass is 16.5. The van der Waals surface area contributed by atoms with Crippen LogP contribution in [-0.4, -0.2) is 13.2 Å². The molecule has 3 aromatic carbocycles. The molecule has 3 rings (SSSR count). The molecule has 2 nitrogen and oxygen atoms in total. The van der Waals surface area contributed by atoms with Gasteiger partial charge < -0.3 is 9.47 Å². The highest BCUT2D eigenvalue weighted by Crippen LogP contribution is 2.43. The number of rotatable bonds is 18. The third-order valence-corrected chi connectivity index (χ3v) is 7.05. The first-order valence-corrected chi connectivity index (χ1v) is 14.5. The molecule has 0 N–H and O–H groups in total. The van der Waals surface area contributed by atoms with Gasteiger partial charge in [0.05, 0.1) is 13.2 Å². The quantitative estimate of drug-likeness (QED) is 0.134. The third kappa shape index (κ3) is 8.16. The van der Waals surface area contributed by atoms with Crippen LogP contribution in [0.25, 0.3) is 21.5 Å². The maximum absolute atomic E-state index is 6.56. The second-order valence-corrected chi connectivity index (χ2v) is 10.1. The van der Waals surface area contributed by atoms with Crippen molar-refractivity contribution in [2.45, 2.75) is 111 Å². The van der Waals surface area contributed by atoms with E-state index in [1.54, 1.807) is 0 Å². The van der Waals surface area contributed by atoms with Gasteiger partial charge in [0.1, 0.15) is 11.5 Å². The summed E-state index contributed by atoms with van der Waals surface area (Å²) in [6.45, 7) is 8.35. The minimum Gasteiger partial charge on any atom is -0.492 e. The number of aryl methyl sites for hydroxylation is 1. The van der Waals surface area contributed by atoms with Crippen LogP contribution in [0, 0.1) is 0 Å². The van der Waals surface area contributed by atoms with E-state index in [0.29, 0.717) is 0 Å². The number of benzene rings is 3. The van der Waals surface area contributed by atoms with E-state index in [1.807, 2.05) is 0 Å². The summed E-state index contributed by atoms with van der Waals surface area (Å²) in [6, 6.07) is 15.6. The maximum atomic E-state index is 6.56. The van der Waals surface area contributed by atoms with Crippen molar-refractivity contribution in [3.63, 3.8) is 0 Å². The first kappa shape index (κ1) is 27.4. The Balaban J connectivity index is 1.91. The van der Waals surface area contributed by atoms with Crippen LogP contribution in [0.2, 0.25) is 0 Å². The van der Waals surface area contributed by atoms with Crippen LogP contribution >= 0.6 is 0 Å². The number of fused-ring (bicyclic) bond motifs is 2. The second-order valence-electron chi connectivity index (χ2n) is 10.1. The molecular formula is C33H48O2. The number of ether oxygens (including phenoxy) is 2. The van der Waals surface area contributed by atoms with Crippen molar-refractivity contribution in [1.82, 2.24) is 0 Å². The summed E-state index contributed by atoms with van der Waals surface area (Å²) < 4.78 is 13.1. The molecule has 0 aliphatic heterocycles. The van der Waals surface area contributed by atoms with Gasteiger partial charge in [-0.25, -0.2) is 0 Å². The van der Waals surface area contributed by atoms with E-state index in [1.165, 1.54) is 97.7 Å². The average molecular weight is 477 g/mol. The maximum Gasteiger partial charge on any atom is 0.135 e. The fourth-order valence-corrected chi connectivity index (χ4v) is 4.95. The van der Waals surface area contributed by atoms with E-state index in [0.717, 1.165) is 44.0 Å². The first-order chi connectivity index (χ1) is 17.3. The lowest BCUT2D eigenvalue weighted by atomic mass is 9.97. The van der Waals surface area contributed by atoms with Gasteiger partial charge in [-0.3, -0.25) is 0 Å². The van der Waals surface area contributed by atoms with Crippen LogP contribution in [0.15, 0.2) is 42.5 Å². The molecule has 2 heteroatoms.